The number of nitrogens with one attached hydrogen (secondary N) is 1. The Labute approximate surface area is 106 Å². The van der Waals surface area contributed by atoms with Crippen LogP contribution in [0.3, 0.4) is 0 Å². The lowest BCUT2D eigenvalue weighted by Crippen LogP contribution is -2.41. The molecule has 4 nitrogen and oxygen atoms in total. The van der Waals surface area contributed by atoms with E-state index in [1.54, 1.807) is 24.2 Å². The molecule has 1 amide bonds. The molecule has 0 heterocycles. The van der Waals surface area contributed by atoms with Crippen LogP contribution in [0.2, 0.25) is 0 Å². The predicted octanol–water partition coefficient (Wildman–Crippen LogP) is 2.83. The smallest absolute Gasteiger partial charge is 0.409 e. The Morgan fingerprint density at radius 1 is 1.00 bits per heavy atom. The van der Waals surface area contributed by atoms with E-state index in [4.69, 9.17) is 4.74 Å². The lowest BCUT2D eigenvalue weighted by atomic mass is 10.3. The lowest BCUT2D eigenvalue weighted by molar-refractivity contribution is 0.200. The summed E-state index contributed by atoms with van der Waals surface area (Å²) in [5, 5.41) is 1.60. The standard InChI is InChI=1S/C14H14N2O2/c1-16(12-8-4-2-5-9-12)15-14(17)18-13-10-6-3-7-11-13/h2-11H,1H3,(H,15,17). The van der Waals surface area contributed by atoms with E-state index in [1.807, 2.05) is 48.5 Å². The molecule has 2 rings (SSSR count). The minimum atomic E-state index is -0.521. The van der Waals surface area contributed by atoms with E-state index in [9.17, 15) is 4.79 Å². The van der Waals surface area contributed by atoms with Gasteiger partial charge in [-0.1, -0.05) is 36.4 Å². The van der Waals surface area contributed by atoms with Crippen molar-refractivity contribution in [3.05, 3.63) is 60.7 Å². The average Bonchev–Trinajstić information content (AvgIpc) is 2.40. The first-order valence-corrected chi connectivity index (χ1v) is 5.58. The van der Waals surface area contributed by atoms with E-state index >= 15 is 0 Å². The van der Waals surface area contributed by atoms with Crippen LogP contribution < -0.4 is 15.2 Å². The highest BCUT2D eigenvalue weighted by atomic mass is 16.6. The van der Waals surface area contributed by atoms with E-state index in [2.05, 4.69) is 5.43 Å². The Kier molecular flexibility index (Phi) is 3.81. The van der Waals surface area contributed by atoms with Gasteiger partial charge in [-0.05, 0) is 24.3 Å². The Bertz CT molecular complexity index is 500. The van der Waals surface area contributed by atoms with Gasteiger partial charge in [0.15, 0.2) is 0 Å². The van der Waals surface area contributed by atoms with Crippen LogP contribution in [-0.4, -0.2) is 13.1 Å². The van der Waals surface area contributed by atoms with Gasteiger partial charge in [0.05, 0.1) is 5.69 Å². The van der Waals surface area contributed by atoms with Crippen molar-refractivity contribution < 1.29 is 9.53 Å². The number of carbonyl (C=O) groups is 1. The van der Waals surface area contributed by atoms with Crippen molar-refractivity contribution >= 4 is 11.8 Å². The molecule has 0 unspecified atom stereocenters. The van der Waals surface area contributed by atoms with Crippen molar-refractivity contribution in [2.24, 2.45) is 0 Å². The zero-order valence-corrected chi connectivity index (χ0v) is 10.0. The van der Waals surface area contributed by atoms with Gasteiger partial charge in [-0.15, -0.1) is 0 Å². The summed E-state index contributed by atoms with van der Waals surface area (Å²) in [6, 6.07) is 18.4. The van der Waals surface area contributed by atoms with Crippen LogP contribution in [0.25, 0.3) is 0 Å². The highest BCUT2D eigenvalue weighted by molar-refractivity contribution is 5.72. The summed E-state index contributed by atoms with van der Waals surface area (Å²) >= 11 is 0. The van der Waals surface area contributed by atoms with Gasteiger partial charge in [0.2, 0.25) is 0 Å². The maximum atomic E-state index is 11.6. The monoisotopic (exact) mass is 242 g/mol. The minimum Gasteiger partial charge on any atom is -0.409 e. The number of hydrogen-bond acceptors (Lipinski definition) is 3. The first-order chi connectivity index (χ1) is 8.75. The van der Waals surface area contributed by atoms with Crippen LogP contribution in [0, 0.1) is 0 Å². The second-order valence-corrected chi connectivity index (χ2v) is 3.71. The molecule has 18 heavy (non-hydrogen) atoms. The number of amides is 1. The molecule has 0 saturated heterocycles. The summed E-state index contributed by atoms with van der Waals surface area (Å²) < 4.78 is 5.11. The fourth-order valence-electron chi connectivity index (χ4n) is 1.47. The van der Waals surface area contributed by atoms with Gasteiger partial charge in [0.1, 0.15) is 5.75 Å². The van der Waals surface area contributed by atoms with E-state index in [-0.39, 0.29) is 0 Å². The first-order valence-electron chi connectivity index (χ1n) is 5.58. The number of benzene rings is 2. The SMILES string of the molecule is CN(NC(=O)Oc1ccccc1)c1ccccc1. The number of anilines is 1. The number of ether oxygens (including phenoxy) is 1. The summed E-state index contributed by atoms with van der Waals surface area (Å²) in [5.74, 6) is 0.511. The van der Waals surface area contributed by atoms with Crippen molar-refractivity contribution in [2.75, 3.05) is 12.1 Å². The van der Waals surface area contributed by atoms with Gasteiger partial charge >= 0.3 is 6.09 Å². The maximum absolute atomic E-state index is 11.6. The third-order valence-corrected chi connectivity index (χ3v) is 2.36. The molecule has 0 saturated carbocycles. The molecular weight excluding hydrogens is 228 g/mol. The molecule has 2 aromatic rings. The van der Waals surface area contributed by atoms with Crippen molar-refractivity contribution in [3.8, 4) is 5.75 Å². The van der Waals surface area contributed by atoms with Gasteiger partial charge in [0, 0.05) is 7.05 Å². The van der Waals surface area contributed by atoms with Crippen molar-refractivity contribution in [1.29, 1.82) is 0 Å². The molecular formula is C14H14N2O2. The van der Waals surface area contributed by atoms with Crippen LogP contribution in [0.15, 0.2) is 60.7 Å². The van der Waals surface area contributed by atoms with Gasteiger partial charge in [-0.3, -0.25) is 5.01 Å². The first kappa shape index (κ1) is 12.0. The van der Waals surface area contributed by atoms with E-state index in [1.165, 1.54) is 0 Å². The molecule has 0 atom stereocenters. The van der Waals surface area contributed by atoms with Crippen molar-refractivity contribution in [3.63, 3.8) is 0 Å². The second-order valence-electron chi connectivity index (χ2n) is 3.71. The van der Waals surface area contributed by atoms with Gasteiger partial charge in [-0.25, -0.2) is 10.2 Å². The zero-order chi connectivity index (χ0) is 12.8. The lowest BCUT2D eigenvalue weighted by Gasteiger charge is -2.19. The van der Waals surface area contributed by atoms with Gasteiger partial charge < -0.3 is 4.74 Å². The van der Waals surface area contributed by atoms with Crippen LogP contribution in [0.5, 0.6) is 5.75 Å². The highest BCUT2D eigenvalue weighted by Gasteiger charge is 2.07. The zero-order valence-electron chi connectivity index (χ0n) is 10.0. The number of nitrogens with zero attached hydrogens (tertiary/aromatic N) is 1. The number of hydrogen-bond donors (Lipinski definition) is 1. The summed E-state index contributed by atoms with van der Waals surface area (Å²) in [5.41, 5.74) is 3.49. The fraction of sp³-hybridized carbons (Fsp3) is 0.0714. The molecule has 92 valence electrons. The molecule has 4 heteroatoms. The summed E-state index contributed by atoms with van der Waals surface area (Å²) in [6.07, 6.45) is -0.521. The molecule has 0 aliphatic carbocycles. The molecule has 0 aliphatic rings. The van der Waals surface area contributed by atoms with Gasteiger partial charge in [-0.2, -0.15) is 0 Å². The van der Waals surface area contributed by atoms with Crippen LogP contribution in [0.1, 0.15) is 0 Å². The van der Waals surface area contributed by atoms with Crippen molar-refractivity contribution in [1.82, 2.24) is 5.43 Å². The van der Waals surface area contributed by atoms with Crippen LogP contribution in [-0.2, 0) is 0 Å². The highest BCUT2D eigenvalue weighted by Crippen LogP contribution is 2.10. The fourth-order valence-corrected chi connectivity index (χ4v) is 1.47. The number of carbonyl (C=O) groups excluding carboxylic acids is 1. The minimum absolute atomic E-state index is 0.511. The maximum Gasteiger partial charge on any atom is 0.431 e. The molecule has 0 radical (unpaired) electrons. The van der Waals surface area contributed by atoms with E-state index < -0.39 is 6.09 Å². The van der Waals surface area contributed by atoms with Crippen LogP contribution in [0.4, 0.5) is 10.5 Å². The number of rotatable bonds is 3. The number of hydrazine groups is 1. The third-order valence-electron chi connectivity index (χ3n) is 2.36. The van der Waals surface area contributed by atoms with Gasteiger partial charge in [0.25, 0.3) is 0 Å². The Morgan fingerprint density at radius 2 is 1.56 bits per heavy atom. The van der Waals surface area contributed by atoms with Crippen molar-refractivity contribution in [2.45, 2.75) is 0 Å². The van der Waals surface area contributed by atoms with Crippen LogP contribution >= 0.6 is 0 Å². The summed E-state index contributed by atoms with van der Waals surface area (Å²) in [7, 11) is 1.75. The quantitative estimate of drug-likeness (QED) is 0.841. The third kappa shape index (κ3) is 3.25. The Balaban J connectivity index is 1.92. The summed E-state index contributed by atoms with van der Waals surface area (Å²) in [4.78, 5) is 11.6. The Morgan fingerprint density at radius 3 is 2.17 bits per heavy atom. The normalized spacial score (nSPS) is 9.61. The van der Waals surface area contributed by atoms with E-state index in [0.717, 1.165) is 5.69 Å². The molecule has 0 aliphatic heterocycles. The molecule has 0 aromatic heterocycles. The van der Waals surface area contributed by atoms with E-state index in [0.29, 0.717) is 5.75 Å². The molecule has 1 N–H and O–H groups in total. The molecule has 2 aromatic carbocycles. The second kappa shape index (κ2) is 5.72. The largest absolute Gasteiger partial charge is 0.431 e. The average molecular weight is 242 g/mol. The molecule has 0 spiro atoms. The predicted molar refractivity (Wildman–Crippen MR) is 70.4 cm³/mol. The topological polar surface area (TPSA) is 41.6 Å². The Hall–Kier alpha value is -2.49. The molecule has 0 fully saturated rings. The number of para-hydroxylation sites is 2. The molecule has 0 bridgehead atoms. The summed E-state index contributed by atoms with van der Waals surface area (Å²) in [6.45, 7) is 0.